The Balaban J connectivity index is 2.59. The lowest BCUT2D eigenvalue weighted by Crippen LogP contribution is -2.40. The Labute approximate surface area is 112 Å². The first-order chi connectivity index (χ1) is 8.30. The van der Waals surface area contributed by atoms with Gasteiger partial charge in [-0.2, -0.15) is 0 Å². The summed E-state index contributed by atoms with van der Waals surface area (Å²) in [6.07, 6.45) is 0. The zero-order valence-corrected chi connectivity index (χ0v) is 13.0. The Morgan fingerprint density at radius 2 is 2.00 bits per heavy atom. The summed E-state index contributed by atoms with van der Waals surface area (Å²) in [6.45, 7) is 7.63. The second kappa shape index (κ2) is 4.61. The summed E-state index contributed by atoms with van der Waals surface area (Å²) in [5.74, 6) is 0.162. The van der Waals surface area contributed by atoms with Crippen LogP contribution in [0.3, 0.4) is 0 Å². The minimum Gasteiger partial charge on any atom is -0.428 e. The Kier molecular flexibility index (Phi) is 3.44. The van der Waals surface area contributed by atoms with E-state index >= 15 is 0 Å². The third-order valence-electron chi connectivity index (χ3n) is 3.04. The molecule has 18 heavy (non-hydrogen) atoms. The number of thiophene rings is 1. The molecule has 0 spiro atoms. The number of rotatable bonds is 3. The van der Waals surface area contributed by atoms with Crippen LogP contribution in [0.2, 0.25) is 13.1 Å². The van der Waals surface area contributed by atoms with Gasteiger partial charge >= 0.3 is 0 Å². The molecule has 2 rings (SSSR count). The highest BCUT2D eigenvalue weighted by Gasteiger charge is 2.24. The van der Waals surface area contributed by atoms with Crippen LogP contribution in [0, 0.1) is 5.92 Å². The van der Waals surface area contributed by atoms with E-state index in [4.69, 9.17) is 0 Å². The maximum atomic E-state index is 12.0. The van der Waals surface area contributed by atoms with Gasteiger partial charge in [0.15, 0.2) is 5.78 Å². The molecule has 0 unspecified atom stereocenters. The number of hydrogen-bond donors (Lipinski definition) is 1. The fourth-order valence-electron chi connectivity index (χ4n) is 1.99. The smallest absolute Gasteiger partial charge is 0.215 e. The van der Waals surface area contributed by atoms with Crippen molar-refractivity contribution in [1.29, 1.82) is 0 Å². The van der Waals surface area contributed by atoms with E-state index in [0.717, 1.165) is 20.8 Å². The Bertz CT molecular complexity index is 593. The van der Waals surface area contributed by atoms with E-state index in [1.807, 2.05) is 50.5 Å². The molecule has 96 valence electrons. The quantitative estimate of drug-likeness (QED) is 0.692. The number of ketones is 1. The lowest BCUT2D eigenvalue weighted by molar-refractivity contribution is 0.0939. The van der Waals surface area contributed by atoms with Gasteiger partial charge in [-0.25, -0.2) is 0 Å². The Hall–Kier alpha value is -0.973. The molecule has 1 N–H and O–H groups in total. The SMILES string of the molecule is CC(C)C(=O)c1ccc2scc([Si](C)(C)O)c2c1. The van der Waals surface area contributed by atoms with Crippen LogP contribution in [0.25, 0.3) is 10.1 Å². The monoisotopic (exact) mass is 278 g/mol. The number of benzene rings is 1. The normalized spacial score (nSPS) is 12.3. The minimum absolute atomic E-state index is 0.00363. The van der Waals surface area contributed by atoms with Crippen LogP contribution in [0.4, 0.5) is 0 Å². The van der Waals surface area contributed by atoms with Gasteiger partial charge in [-0.3, -0.25) is 4.79 Å². The third-order valence-corrected chi connectivity index (χ3v) is 5.95. The summed E-state index contributed by atoms with van der Waals surface area (Å²) < 4.78 is 1.14. The summed E-state index contributed by atoms with van der Waals surface area (Å²) in [4.78, 5) is 22.3. The second-order valence-corrected chi connectivity index (χ2v) is 10.0. The molecule has 4 heteroatoms. The van der Waals surface area contributed by atoms with Crippen LogP contribution in [-0.2, 0) is 0 Å². The van der Waals surface area contributed by atoms with E-state index in [2.05, 4.69) is 0 Å². The van der Waals surface area contributed by atoms with Crippen molar-refractivity contribution in [2.45, 2.75) is 26.9 Å². The van der Waals surface area contributed by atoms with Crippen molar-refractivity contribution in [2.75, 3.05) is 0 Å². The first-order valence-corrected chi connectivity index (χ1v) is 9.91. The molecule has 1 heterocycles. The van der Waals surface area contributed by atoms with E-state index in [9.17, 15) is 9.59 Å². The van der Waals surface area contributed by atoms with Gasteiger partial charge in [-0.05, 0) is 47.2 Å². The number of carbonyl (C=O) groups excluding carboxylic acids is 1. The average Bonchev–Trinajstić information content (AvgIpc) is 2.69. The van der Waals surface area contributed by atoms with Crippen molar-refractivity contribution < 1.29 is 9.59 Å². The fraction of sp³-hybridized carbons (Fsp3) is 0.357. The molecule has 0 aliphatic heterocycles. The van der Waals surface area contributed by atoms with Gasteiger partial charge < -0.3 is 4.80 Å². The van der Waals surface area contributed by atoms with E-state index < -0.39 is 8.32 Å². The Morgan fingerprint density at radius 1 is 1.33 bits per heavy atom. The lowest BCUT2D eigenvalue weighted by atomic mass is 10.0. The predicted molar refractivity (Wildman–Crippen MR) is 80.3 cm³/mol. The van der Waals surface area contributed by atoms with Gasteiger partial charge in [0, 0.05) is 16.2 Å². The summed E-state index contributed by atoms with van der Waals surface area (Å²) in [5, 5.41) is 4.10. The lowest BCUT2D eigenvalue weighted by Gasteiger charge is -2.13. The number of carbonyl (C=O) groups is 1. The zero-order chi connectivity index (χ0) is 13.5. The van der Waals surface area contributed by atoms with E-state index in [1.54, 1.807) is 11.3 Å². The number of Topliss-reactive ketones (excluding diaryl/α,β-unsaturated/α-hetero) is 1. The average molecular weight is 278 g/mol. The summed E-state index contributed by atoms with van der Waals surface area (Å²) in [6, 6.07) is 5.81. The van der Waals surface area contributed by atoms with Crippen molar-refractivity contribution in [3.63, 3.8) is 0 Å². The van der Waals surface area contributed by atoms with Crippen LogP contribution >= 0.6 is 11.3 Å². The highest BCUT2D eigenvalue weighted by atomic mass is 32.1. The van der Waals surface area contributed by atoms with Crippen molar-refractivity contribution in [3.8, 4) is 0 Å². The maximum absolute atomic E-state index is 12.0. The van der Waals surface area contributed by atoms with Crippen LogP contribution in [0.5, 0.6) is 0 Å². The molecule has 0 aliphatic carbocycles. The molecule has 0 fully saturated rings. The van der Waals surface area contributed by atoms with Gasteiger partial charge in [0.25, 0.3) is 0 Å². The molecule has 0 amide bonds. The van der Waals surface area contributed by atoms with Crippen molar-refractivity contribution in [3.05, 3.63) is 29.1 Å². The van der Waals surface area contributed by atoms with Gasteiger partial charge in [0.05, 0.1) is 0 Å². The molecule has 2 nitrogen and oxygen atoms in total. The molecule has 0 aliphatic rings. The molecular formula is C14H18O2SSi. The van der Waals surface area contributed by atoms with Crippen LogP contribution in [0.15, 0.2) is 23.6 Å². The predicted octanol–water partition coefficient (Wildman–Crippen LogP) is 3.14. The fourth-order valence-corrected chi connectivity index (χ4v) is 5.09. The molecule has 0 bridgehead atoms. The highest BCUT2D eigenvalue weighted by molar-refractivity contribution is 7.19. The summed E-state index contributed by atoms with van der Waals surface area (Å²) in [5.41, 5.74) is 0.746. The summed E-state index contributed by atoms with van der Waals surface area (Å²) >= 11 is 1.63. The molecule has 0 saturated carbocycles. The number of fused-ring (bicyclic) bond motifs is 1. The topological polar surface area (TPSA) is 37.3 Å². The van der Waals surface area contributed by atoms with Crippen LogP contribution in [0.1, 0.15) is 24.2 Å². The zero-order valence-electron chi connectivity index (χ0n) is 11.2. The van der Waals surface area contributed by atoms with Crippen molar-refractivity contribution in [1.82, 2.24) is 0 Å². The number of hydrogen-bond acceptors (Lipinski definition) is 3. The molecule has 2 aromatic rings. The Morgan fingerprint density at radius 3 is 2.56 bits per heavy atom. The molecule has 0 saturated heterocycles. The third kappa shape index (κ3) is 2.41. The maximum Gasteiger partial charge on any atom is 0.215 e. The van der Waals surface area contributed by atoms with E-state index in [-0.39, 0.29) is 11.7 Å². The first kappa shape index (κ1) is 13.5. The molecule has 0 radical (unpaired) electrons. The van der Waals surface area contributed by atoms with Crippen molar-refractivity contribution in [2.24, 2.45) is 5.92 Å². The summed E-state index contributed by atoms with van der Waals surface area (Å²) in [7, 11) is -2.33. The van der Waals surface area contributed by atoms with Gasteiger partial charge in [0.2, 0.25) is 8.32 Å². The second-order valence-electron chi connectivity index (χ2n) is 5.44. The van der Waals surface area contributed by atoms with Crippen molar-refractivity contribution >= 4 is 40.7 Å². The molecule has 0 atom stereocenters. The van der Waals surface area contributed by atoms with E-state index in [1.165, 1.54) is 0 Å². The first-order valence-electron chi connectivity index (χ1n) is 6.09. The highest BCUT2D eigenvalue weighted by Crippen LogP contribution is 2.24. The minimum atomic E-state index is -2.33. The van der Waals surface area contributed by atoms with Gasteiger partial charge in [-0.1, -0.05) is 13.8 Å². The molecular weight excluding hydrogens is 260 g/mol. The standard InChI is InChI=1S/C14H18O2SSi/c1-9(2)14(15)10-5-6-12-11(7-10)13(8-17-12)18(3,4)16/h5-9,16H,1-4H3. The van der Waals surface area contributed by atoms with E-state index in [0.29, 0.717) is 0 Å². The largest absolute Gasteiger partial charge is 0.428 e. The molecule has 1 aromatic heterocycles. The van der Waals surface area contributed by atoms with Gasteiger partial charge in [-0.15, -0.1) is 11.3 Å². The van der Waals surface area contributed by atoms with Gasteiger partial charge in [0.1, 0.15) is 0 Å². The van der Waals surface area contributed by atoms with Crippen LogP contribution in [-0.4, -0.2) is 18.9 Å². The van der Waals surface area contributed by atoms with Crippen LogP contribution < -0.4 is 5.19 Å². The molecule has 1 aromatic carbocycles.